The van der Waals surface area contributed by atoms with Gasteiger partial charge in [-0.2, -0.15) is 0 Å². The average Bonchev–Trinajstić information content (AvgIpc) is 2.49. The summed E-state index contributed by atoms with van der Waals surface area (Å²) in [4.78, 5) is 0. The molecule has 0 spiro atoms. The van der Waals surface area contributed by atoms with E-state index < -0.39 is 15.4 Å². The number of ether oxygens (including phenoxy) is 1. The lowest BCUT2D eigenvalue weighted by Crippen LogP contribution is -2.41. The lowest BCUT2D eigenvalue weighted by molar-refractivity contribution is 0.203. The highest BCUT2D eigenvalue weighted by Crippen LogP contribution is 2.36. The number of rotatable bonds is 6. The van der Waals surface area contributed by atoms with Crippen LogP contribution in [0.4, 0.5) is 0 Å². The van der Waals surface area contributed by atoms with Crippen LogP contribution in [0.15, 0.2) is 36.4 Å². The summed E-state index contributed by atoms with van der Waals surface area (Å²) in [6.07, 6.45) is 0. The van der Waals surface area contributed by atoms with Gasteiger partial charge in [0.1, 0.15) is 12.4 Å². The second-order valence-electron chi connectivity index (χ2n) is 7.60. The molecule has 2 aromatic carbocycles. The van der Waals surface area contributed by atoms with E-state index in [9.17, 15) is 10.0 Å². The minimum atomic E-state index is -1.73. The van der Waals surface area contributed by atoms with Crippen molar-refractivity contribution in [2.45, 2.75) is 38.9 Å². The van der Waals surface area contributed by atoms with E-state index in [0.29, 0.717) is 18.7 Å². The lowest BCUT2D eigenvalue weighted by Gasteiger charge is -2.36. The van der Waals surface area contributed by atoms with Gasteiger partial charge < -0.3 is 19.2 Å². The van der Waals surface area contributed by atoms with Crippen molar-refractivity contribution in [3.8, 4) is 5.75 Å². The number of hydrogen-bond donors (Lipinski definition) is 2. The smallest absolute Gasteiger partial charge is 0.488 e. The molecular weight excluding hydrogens is 319 g/mol. The Balaban J connectivity index is 1.95. The summed E-state index contributed by atoms with van der Waals surface area (Å²) < 4.78 is 11.9. The fraction of sp³-hybridized carbons (Fsp3) is 0.444. The predicted molar refractivity (Wildman–Crippen MR) is 102 cm³/mol. The van der Waals surface area contributed by atoms with Gasteiger partial charge in [-0.1, -0.05) is 45.0 Å². The number of benzene rings is 2. The minimum absolute atomic E-state index is 0.199. The first-order valence-corrected chi connectivity index (χ1v) is 11.2. The fourth-order valence-electron chi connectivity index (χ4n) is 2.17. The van der Waals surface area contributed by atoms with E-state index in [2.05, 4.69) is 33.9 Å². The molecule has 0 aliphatic rings. The van der Waals surface area contributed by atoms with Gasteiger partial charge >= 0.3 is 7.12 Å². The lowest BCUT2D eigenvalue weighted by atomic mass is 9.79. The molecule has 0 aliphatic carbocycles. The zero-order chi connectivity index (χ0) is 18.0. The maximum atomic E-state index is 9.22. The highest BCUT2D eigenvalue weighted by Gasteiger charge is 2.36. The first-order chi connectivity index (χ1) is 11.1. The molecule has 0 fully saturated rings. The Kier molecular flexibility index (Phi) is 5.75. The molecule has 0 aliphatic heterocycles. The second kappa shape index (κ2) is 7.27. The fourth-order valence-corrected chi connectivity index (χ4v) is 3.19. The van der Waals surface area contributed by atoms with E-state index in [0.717, 1.165) is 16.5 Å². The Hall–Kier alpha value is -1.34. The molecule has 0 bridgehead atoms. The van der Waals surface area contributed by atoms with Gasteiger partial charge in [-0.15, -0.1) is 0 Å². The Labute approximate surface area is 145 Å². The van der Waals surface area contributed by atoms with Gasteiger partial charge in [-0.25, -0.2) is 0 Å². The van der Waals surface area contributed by atoms with E-state index in [1.807, 2.05) is 24.3 Å². The molecule has 0 amide bonds. The van der Waals surface area contributed by atoms with Crippen molar-refractivity contribution >= 4 is 31.7 Å². The monoisotopic (exact) mass is 346 g/mol. The third-order valence-electron chi connectivity index (χ3n) is 4.76. The Morgan fingerprint density at radius 1 is 0.958 bits per heavy atom. The van der Waals surface area contributed by atoms with Crippen molar-refractivity contribution in [1.29, 1.82) is 0 Å². The molecule has 0 saturated heterocycles. The standard InChI is InChI=1S/C18H27BO4Si/c1-18(2,3)24(4,5)23-11-10-22-17-9-7-14-12-16(19(20)21)8-6-15(14)13-17/h6-9,12-13,20-21H,10-11H2,1-5H3. The molecule has 0 radical (unpaired) electrons. The van der Waals surface area contributed by atoms with Gasteiger partial charge in [-0.05, 0) is 46.5 Å². The third kappa shape index (κ3) is 4.60. The van der Waals surface area contributed by atoms with Gasteiger partial charge in [-0.3, -0.25) is 0 Å². The van der Waals surface area contributed by atoms with Crippen LogP contribution in [0.25, 0.3) is 10.8 Å². The van der Waals surface area contributed by atoms with Crippen LogP contribution in [0.2, 0.25) is 18.1 Å². The Morgan fingerprint density at radius 3 is 2.21 bits per heavy atom. The highest BCUT2D eigenvalue weighted by atomic mass is 28.4. The van der Waals surface area contributed by atoms with Crippen molar-refractivity contribution in [1.82, 2.24) is 0 Å². The van der Waals surface area contributed by atoms with Gasteiger partial charge in [0.25, 0.3) is 0 Å². The van der Waals surface area contributed by atoms with Crippen molar-refractivity contribution in [2.75, 3.05) is 13.2 Å². The summed E-state index contributed by atoms with van der Waals surface area (Å²) in [6, 6.07) is 11.1. The van der Waals surface area contributed by atoms with Gasteiger partial charge in [0.05, 0.1) is 6.61 Å². The van der Waals surface area contributed by atoms with Crippen LogP contribution >= 0.6 is 0 Å². The highest BCUT2D eigenvalue weighted by molar-refractivity contribution is 6.74. The SMILES string of the molecule is CC(C)(C)[Si](C)(C)OCCOc1ccc2cc(B(O)O)ccc2c1. The van der Waals surface area contributed by atoms with Crippen LogP contribution in [0, 0.1) is 0 Å². The first kappa shape index (κ1) is 19.0. The Bertz CT molecular complexity index is 695. The zero-order valence-electron chi connectivity index (χ0n) is 15.2. The van der Waals surface area contributed by atoms with Gasteiger partial charge in [0.2, 0.25) is 0 Å². The van der Waals surface area contributed by atoms with E-state index in [4.69, 9.17) is 9.16 Å². The molecule has 0 saturated carbocycles. The summed E-state index contributed by atoms with van der Waals surface area (Å²) in [6.45, 7) is 12.2. The molecule has 2 rings (SSSR count). The average molecular weight is 346 g/mol. The predicted octanol–water partition coefficient (Wildman–Crippen LogP) is 2.92. The summed E-state index contributed by atoms with van der Waals surface area (Å²) in [5.74, 6) is 0.790. The van der Waals surface area contributed by atoms with E-state index >= 15 is 0 Å². The summed E-state index contributed by atoms with van der Waals surface area (Å²) >= 11 is 0. The zero-order valence-corrected chi connectivity index (χ0v) is 16.2. The van der Waals surface area contributed by atoms with Crippen molar-refractivity contribution in [3.05, 3.63) is 36.4 Å². The van der Waals surface area contributed by atoms with Gasteiger partial charge in [0.15, 0.2) is 8.32 Å². The van der Waals surface area contributed by atoms with Crippen LogP contribution in [0.5, 0.6) is 5.75 Å². The molecule has 2 aromatic rings. The largest absolute Gasteiger partial charge is 0.491 e. The van der Waals surface area contributed by atoms with Crippen molar-refractivity contribution in [3.63, 3.8) is 0 Å². The molecule has 0 unspecified atom stereocenters. The molecule has 0 aromatic heterocycles. The first-order valence-electron chi connectivity index (χ1n) is 8.27. The maximum Gasteiger partial charge on any atom is 0.488 e. The number of hydrogen-bond acceptors (Lipinski definition) is 4. The third-order valence-corrected chi connectivity index (χ3v) is 9.29. The van der Waals surface area contributed by atoms with Crippen LogP contribution < -0.4 is 10.2 Å². The summed E-state index contributed by atoms with van der Waals surface area (Å²) in [5.41, 5.74) is 0.485. The molecule has 24 heavy (non-hydrogen) atoms. The normalized spacial score (nSPS) is 12.5. The minimum Gasteiger partial charge on any atom is -0.491 e. The second-order valence-corrected chi connectivity index (χ2v) is 12.4. The van der Waals surface area contributed by atoms with Crippen molar-refractivity contribution in [2.24, 2.45) is 0 Å². The molecule has 2 N–H and O–H groups in total. The molecule has 6 heteroatoms. The quantitative estimate of drug-likeness (QED) is 0.624. The topological polar surface area (TPSA) is 58.9 Å². The number of fused-ring (bicyclic) bond motifs is 1. The molecule has 0 heterocycles. The van der Waals surface area contributed by atoms with Crippen LogP contribution in [0.1, 0.15) is 20.8 Å². The molecular formula is C18H27BO4Si. The van der Waals surface area contributed by atoms with E-state index in [1.165, 1.54) is 0 Å². The van der Waals surface area contributed by atoms with Crippen molar-refractivity contribution < 1.29 is 19.2 Å². The summed E-state index contributed by atoms with van der Waals surface area (Å²) in [7, 11) is -3.18. The molecule has 0 atom stereocenters. The van der Waals surface area contributed by atoms with Crippen LogP contribution in [-0.2, 0) is 4.43 Å². The van der Waals surface area contributed by atoms with E-state index in [1.54, 1.807) is 12.1 Å². The summed E-state index contributed by atoms with van der Waals surface area (Å²) in [5, 5.41) is 20.6. The molecule has 4 nitrogen and oxygen atoms in total. The van der Waals surface area contributed by atoms with Crippen LogP contribution in [-0.4, -0.2) is 38.7 Å². The molecule has 130 valence electrons. The maximum absolute atomic E-state index is 9.22. The van der Waals surface area contributed by atoms with E-state index in [-0.39, 0.29) is 5.04 Å². The van der Waals surface area contributed by atoms with Crippen LogP contribution in [0.3, 0.4) is 0 Å². The van der Waals surface area contributed by atoms with Gasteiger partial charge in [0, 0.05) is 0 Å². The Morgan fingerprint density at radius 2 is 1.58 bits per heavy atom.